The minimum Gasteiger partial charge on any atom is -0.463 e. The Morgan fingerprint density at radius 1 is 1.12 bits per heavy atom. The molecule has 1 aliphatic rings. The number of aryl methyl sites for hydroxylation is 1. The van der Waals surface area contributed by atoms with E-state index in [1.165, 1.54) is 11.3 Å². The molecule has 0 saturated heterocycles. The summed E-state index contributed by atoms with van der Waals surface area (Å²) in [5.74, 6) is 0.595. The molecule has 4 rings (SSSR count). The molecule has 0 saturated carbocycles. The van der Waals surface area contributed by atoms with Gasteiger partial charge in [0.1, 0.15) is 10.8 Å². The summed E-state index contributed by atoms with van der Waals surface area (Å²) >= 11 is 1.62. The monoisotopic (exact) mass is 350 g/mol. The van der Waals surface area contributed by atoms with Crippen LogP contribution in [-0.2, 0) is 12.8 Å². The first-order valence-corrected chi connectivity index (χ1v) is 9.21. The number of carbonyl (C=O) groups excluding carboxylic acids is 1. The van der Waals surface area contributed by atoms with E-state index in [1.54, 1.807) is 23.8 Å². The highest BCUT2D eigenvalue weighted by atomic mass is 32.1. The topological polar surface area (TPSA) is 54.6 Å². The predicted octanol–water partition coefficient (Wildman–Crippen LogP) is 5.22. The zero-order valence-corrected chi connectivity index (χ0v) is 14.5. The molecule has 2 aromatic heterocycles. The normalized spacial score (nSPS) is 13.8. The van der Waals surface area contributed by atoms with Gasteiger partial charge >= 0.3 is 0 Å². The highest BCUT2D eigenvalue weighted by Gasteiger charge is 2.25. The smallest absolute Gasteiger partial charge is 0.259 e. The molecule has 0 bridgehead atoms. The van der Waals surface area contributed by atoms with Gasteiger partial charge in [-0.25, -0.2) is 4.99 Å². The fourth-order valence-corrected chi connectivity index (χ4v) is 4.31. The van der Waals surface area contributed by atoms with Crippen LogP contribution in [0, 0.1) is 0 Å². The third kappa shape index (κ3) is 3.42. The van der Waals surface area contributed by atoms with E-state index in [1.807, 2.05) is 42.5 Å². The van der Waals surface area contributed by atoms with Gasteiger partial charge in [-0.15, -0.1) is 11.3 Å². The molecule has 0 unspecified atom stereocenters. The largest absolute Gasteiger partial charge is 0.463 e. The maximum atomic E-state index is 12.9. The molecule has 25 heavy (non-hydrogen) atoms. The van der Waals surface area contributed by atoms with Crippen LogP contribution in [0.3, 0.4) is 0 Å². The van der Waals surface area contributed by atoms with Gasteiger partial charge in [0.25, 0.3) is 5.91 Å². The lowest BCUT2D eigenvalue weighted by Gasteiger charge is -2.12. The highest BCUT2D eigenvalue weighted by molar-refractivity contribution is 7.16. The minimum absolute atomic E-state index is 0.0859. The first kappa shape index (κ1) is 15.8. The molecule has 1 aromatic carbocycles. The molecule has 1 amide bonds. The van der Waals surface area contributed by atoms with Crippen molar-refractivity contribution in [3.8, 4) is 0 Å². The average molecular weight is 350 g/mol. The van der Waals surface area contributed by atoms with Gasteiger partial charge in [0.2, 0.25) is 0 Å². The number of anilines is 1. The summed E-state index contributed by atoms with van der Waals surface area (Å²) in [6.07, 6.45) is 7.56. The van der Waals surface area contributed by atoms with Crippen LogP contribution >= 0.6 is 11.3 Å². The highest BCUT2D eigenvalue weighted by Crippen LogP contribution is 2.40. The Bertz CT molecular complexity index is 895. The predicted molar refractivity (Wildman–Crippen MR) is 101 cm³/mol. The maximum absolute atomic E-state index is 12.9. The number of benzene rings is 1. The molecule has 126 valence electrons. The van der Waals surface area contributed by atoms with Gasteiger partial charge in [-0.3, -0.25) is 4.79 Å². The molecular weight excluding hydrogens is 332 g/mol. The maximum Gasteiger partial charge on any atom is 0.259 e. The molecule has 3 aromatic rings. The zero-order chi connectivity index (χ0) is 17.1. The number of hydrogen-bond acceptors (Lipinski definition) is 4. The van der Waals surface area contributed by atoms with Crippen molar-refractivity contribution in [3.05, 3.63) is 70.5 Å². The number of fused-ring (bicyclic) bond motifs is 1. The van der Waals surface area contributed by atoms with Crippen molar-refractivity contribution in [2.45, 2.75) is 25.7 Å². The number of amides is 1. The number of para-hydroxylation sites is 1. The van der Waals surface area contributed by atoms with Crippen LogP contribution in [0.15, 0.2) is 58.1 Å². The van der Waals surface area contributed by atoms with E-state index in [2.05, 4.69) is 10.3 Å². The molecule has 1 N–H and O–H groups in total. The van der Waals surface area contributed by atoms with Crippen LogP contribution in [0.4, 0.5) is 10.7 Å². The van der Waals surface area contributed by atoms with Gasteiger partial charge < -0.3 is 9.73 Å². The second-order valence-electron chi connectivity index (χ2n) is 5.98. The fraction of sp³-hybridized carbons (Fsp3) is 0.200. The number of furan rings is 1. The van der Waals surface area contributed by atoms with Crippen molar-refractivity contribution in [2.75, 3.05) is 5.32 Å². The summed E-state index contributed by atoms with van der Waals surface area (Å²) in [4.78, 5) is 18.8. The number of thiophene rings is 1. The van der Waals surface area contributed by atoms with Gasteiger partial charge in [-0.2, -0.15) is 0 Å². The van der Waals surface area contributed by atoms with Crippen LogP contribution in [0.2, 0.25) is 0 Å². The van der Waals surface area contributed by atoms with Crippen molar-refractivity contribution in [1.29, 1.82) is 0 Å². The third-order valence-electron chi connectivity index (χ3n) is 4.26. The molecule has 0 atom stereocenters. The number of nitrogens with zero attached hydrogens (tertiary/aromatic N) is 1. The quantitative estimate of drug-likeness (QED) is 0.656. The zero-order valence-electron chi connectivity index (χ0n) is 13.7. The van der Waals surface area contributed by atoms with Crippen LogP contribution in [-0.4, -0.2) is 12.1 Å². The summed E-state index contributed by atoms with van der Waals surface area (Å²) in [5, 5.41) is 3.76. The van der Waals surface area contributed by atoms with E-state index in [9.17, 15) is 4.79 Å². The third-order valence-corrected chi connectivity index (χ3v) is 5.46. The standard InChI is InChI=1S/C20H18N2O2S/c23-19(22-14-7-2-1-3-8-14)18-16-10-4-5-11-17(16)25-20(18)21-13-15-9-6-12-24-15/h1-3,6-9,12-13H,4-5,10-11H2,(H,22,23)/b21-13+. The van der Waals surface area contributed by atoms with Crippen LogP contribution < -0.4 is 5.32 Å². The van der Waals surface area contributed by atoms with Crippen molar-refractivity contribution < 1.29 is 9.21 Å². The fourth-order valence-electron chi connectivity index (χ4n) is 3.08. The van der Waals surface area contributed by atoms with Gasteiger partial charge in [-0.05, 0) is 55.5 Å². The summed E-state index contributed by atoms with van der Waals surface area (Å²) in [5.41, 5.74) is 2.67. The number of aliphatic imine (C=N–C) groups is 1. The van der Waals surface area contributed by atoms with Crippen LogP contribution in [0.25, 0.3) is 0 Å². The molecule has 5 heteroatoms. The second kappa shape index (κ2) is 7.07. The molecule has 4 nitrogen and oxygen atoms in total. The van der Waals surface area contributed by atoms with E-state index in [4.69, 9.17) is 4.42 Å². The summed E-state index contributed by atoms with van der Waals surface area (Å²) in [6, 6.07) is 13.2. The summed E-state index contributed by atoms with van der Waals surface area (Å²) in [6.45, 7) is 0. The minimum atomic E-state index is -0.0859. The Balaban J connectivity index is 1.69. The van der Waals surface area contributed by atoms with E-state index < -0.39 is 0 Å². The average Bonchev–Trinajstić information content (AvgIpc) is 3.28. The van der Waals surface area contributed by atoms with Crippen molar-refractivity contribution in [1.82, 2.24) is 0 Å². The molecule has 1 aliphatic carbocycles. The lowest BCUT2D eigenvalue weighted by Crippen LogP contribution is -2.14. The van der Waals surface area contributed by atoms with Crippen LogP contribution in [0.5, 0.6) is 0 Å². The summed E-state index contributed by atoms with van der Waals surface area (Å²) in [7, 11) is 0. The van der Waals surface area contributed by atoms with E-state index in [-0.39, 0.29) is 5.91 Å². The van der Waals surface area contributed by atoms with Crippen molar-refractivity contribution in [3.63, 3.8) is 0 Å². The van der Waals surface area contributed by atoms with Gasteiger partial charge in [0, 0.05) is 10.6 Å². The molecule has 0 radical (unpaired) electrons. The van der Waals surface area contributed by atoms with Gasteiger partial charge in [0.15, 0.2) is 0 Å². The Hall–Kier alpha value is -2.66. The van der Waals surface area contributed by atoms with Crippen molar-refractivity contribution in [2.24, 2.45) is 4.99 Å². The Labute approximate surface area is 150 Å². The molecule has 0 fully saturated rings. The van der Waals surface area contributed by atoms with E-state index in [0.717, 1.165) is 35.5 Å². The first-order valence-electron chi connectivity index (χ1n) is 8.40. The summed E-state index contributed by atoms with van der Waals surface area (Å²) < 4.78 is 5.31. The molecular formula is C20H18N2O2S. The molecule has 2 heterocycles. The first-order chi connectivity index (χ1) is 12.3. The Morgan fingerprint density at radius 3 is 2.76 bits per heavy atom. The Morgan fingerprint density at radius 2 is 1.96 bits per heavy atom. The van der Waals surface area contributed by atoms with Crippen molar-refractivity contribution >= 4 is 34.1 Å². The van der Waals surface area contributed by atoms with E-state index >= 15 is 0 Å². The lowest BCUT2D eigenvalue weighted by molar-refractivity contribution is 0.102. The number of hydrogen-bond donors (Lipinski definition) is 1. The second-order valence-corrected chi connectivity index (χ2v) is 7.07. The van der Waals surface area contributed by atoms with Gasteiger partial charge in [0.05, 0.1) is 18.0 Å². The van der Waals surface area contributed by atoms with E-state index in [0.29, 0.717) is 11.3 Å². The van der Waals surface area contributed by atoms with Crippen LogP contribution in [0.1, 0.15) is 39.4 Å². The number of rotatable bonds is 4. The molecule has 0 spiro atoms. The number of carbonyl (C=O) groups is 1. The van der Waals surface area contributed by atoms with Gasteiger partial charge in [-0.1, -0.05) is 18.2 Å². The Kier molecular flexibility index (Phi) is 4.48. The molecule has 0 aliphatic heterocycles. The number of nitrogens with one attached hydrogen (secondary N) is 1. The lowest BCUT2D eigenvalue weighted by atomic mass is 9.95. The SMILES string of the molecule is O=C(Nc1ccccc1)c1c(/N=C/c2ccco2)sc2c1CCCC2.